The molecule has 24 heavy (non-hydrogen) atoms. The Balaban J connectivity index is 1.65. The number of ether oxygens (including phenoxy) is 1. The summed E-state index contributed by atoms with van der Waals surface area (Å²) >= 11 is 6.05. The molecule has 2 aliphatic rings. The summed E-state index contributed by atoms with van der Waals surface area (Å²) in [5.41, 5.74) is 4.72. The van der Waals surface area contributed by atoms with Gasteiger partial charge in [-0.25, -0.2) is 0 Å². The number of hydrogen-bond acceptors (Lipinski definition) is 3. The van der Waals surface area contributed by atoms with E-state index in [1.165, 1.54) is 11.1 Å². The Morgan fingerprint density at radius 1 is 1.04 bits per heavy atom. The van der Waals surface area contributed by atoms with Crippen LogP contribution in [-0.2, 0) is 11.3 Å². The molecule has 0 atom stereocenters. The third kappa shape index (κ3) is 3.33. The number of nitrogens with zero attached hydrogens (tertiary/aromatic N) is 2. The van der Waals surface area contributed by atoms with Gasteiger partial charge >= 0.3 is 0 Å². The van der Waals surface area contributed by atoms with Crippen molar-refractivity contribution in [2.24, 2.45) is 11.0 Å². The molecule has 1 saturated heterocycles. The number of rotatable bonds is 3. The van der Waals surface area contributed by atoms with Gasteiger partial charge in [0.1, 0.15) is 0 Å². The third-order valence-electron chi connectivity index (χ3n) is 4.79. The molecule has 4 heteroatoms. The monoisotopic (exact) mass is 340 g/mol. The molecule has 0 saturated carbocycles. The minimum absolute atomic E-state index is 0.666. The van der Waals surface area contributed by atoms with Gasteiger partial charge in [0.25, 0.3) is 0 Å². The molecule has 2 heterocycles. The van der Waals surface area contributed by atoms with Crippen LogP contribution in [0, 0.1) is 5.92 Å². The van der Waals surface area contributed by atoms with Gasteiger partial charge in [0.05, 0.1) is 12.3 Å². The average Bonchev–Trinajstić information content (AvgIpc) is 2.63. The van der Waals surface area contributed by atoms with Crippen LogP contribution in [0.2, 0.25) is 5.02 Å². The van der Waals surface area contributed by atoms with E-state index in [0.717, 1.165) is 55.4 Å². The molecule has 0 spiro atoms. The van der Waals surface area contributed by atoms with Crippen LogP contribution in [0.5, 0.6) is 0 Å². The van der Waals surface area contributed by atoms with Crippen LogP contribution in [0.4, 0.5) is 0 Å². The molecule has 0 aromatic heterocycles. The predicted molar refractivity (Wildman–Crippen MR) is 97.5 cm³/mol. The Kier molecular flexibility index (Phi) is 4.54. The third-order valence-corrected chi connectivity index (χ3v) is 5.05. The SMILES string of the molecule is Clc1ccc(C2=NN(CC3CCOCC3)Cc3ccccc32)cc1. The summed E-state index contributed by atoms with van der Waals surface area (Å²) in [5.74, 6) is 0.666. The second-order valence-electron chi connectivity index (χ2n) is 6.52. The molecule has 3 nitrogen and oxygen atoms in total. The van der Waals surface area contributed by atoms with E-state index in [2.05, 4.69) is 41.4 Å². The molecular weight excluding hydrogens is 320 g/mol. The Morgan fingerprint density at radius 2 is 1.79 bits per heavy atom. The summed E-state index contributed by atoms with van der Waals surface area (Å²) in [6.07, 6.45) is 2.26. The molecule has 4 rings (SSSR count). The highest BCUT2D eigenvalue weighted by atomic mass is 35.5. The lowest BCUT2D eigenvalue weighted by atomic mass is 9.95. The lowest BCUT2D eigenvalue weighted by Crippen LogP contribution is -2.33. The normalized spacial score (nSPS) is 18.2. The molecule has 2 aliphatic heterocycles. The van der Waals surface area contributed by atoms with Crippen LogP contribution in [-0.4, -0.2) is 30.5 Å². The molecule has 0 N–H and O–H groups in total. The molecule has 2 aromatic carbocycles. The van der Waals surface area contributed by atoms with E-state index in [-0.39, 0.29) is 0 Å². The van der Waals surface area contributed by atoms with Gasteiger partial charge < -0.3 is 4.74 Å². The maximum Gasteiger partial charge on any atom is 0.0979 e. The zero-order chi connectivity index (χ0) is 16.4. The minimum Gasteiger partial charge on any atom is -0.381 e. The quantitative estimate of drug-likeness (QED) is 0.830. The molecule has 1 fully saturated rings. The standard InChI is InChI=1S/C20H21ClN2O/c21-18-7-5-16(6-8-18)20-19-4-2-1-3-17(19)14-23(22-20)13-15-9-11-24-12-10-15/h1-8,15H,9-14H2. The summed E-state index contributed by atoms with van der Waals surface area (Å²) in [5, 5.41) is 7.96. The largest absolute Gasteiger partial charge is 0.381 e. The van der Waals surface area contributed by atoms with E-state index in [1.807, 2.05) is 12.1 Å². The van der Waals surface area contributed by atoms with Crippen LogP contribution >= 0.6 is 11.6 Å². The van der Waals surface area contributed by atoms with E-state index in [1.54, 1.807) is 0 Å². The summed E-state index contributed by atoms with van der Waals surface area (Å²) in [6, 6.07) is 16.5. The topological polar surface area (TPSA) is 24.8 Å². The highest BCUT2D eigenvalue weighted by molar-refractivity contribution is 6.30. The van der Waals surface area contributed by atoms with Crippen molar-refractivity contribution < 1.29 is 4.74 Å². The van der Waals surface area contributed by atoms with Crippen molar-refractivity contribution in [1.29, 1.82) is 0 Å². The summed E-state index contributed by atoms with van der Waals surface area (Å²) < 4.78 is 5.48. The summed E-state index contributed by atoms with van der Waals surface area (Å²) in [4.78, 5) is 0. The Morgan fingerprint density at radius 3 is 2.58 bits per heavy atom. The van der Waals surface area contributed by atoms with Gasteiger partial charge in [-0.1, -0.05) is 48.0 Å². The van der Waals surface area contributed by atoms with Crippen molar-refractivity contribution in [3.8, 4) is 0 Å². The molecule has 0 radical (unpaired) electrons. The molecule has 124 valence electrons. The van der Waals surface area contributed by atoms with Gasteiger partial charge in [0.2, 0.25) is 0 Å². The Bertz CT molecular complexity index is 736. The van der Waals surface area contributed by atoms with E-state index in [4.69, 9.17) is 21.4 Å². The van der Waals surface area contributed by atoms with Gasteiger partial charge in [-0.3, -0.25) is 5.01 Å². The van der Waals surface area contributed by atoms with E-state index in [9.17, 15) is 0 Å². The predicted octanol–water partition coefficient (Wildman–Crippen LogP) is 4.33. The second kappa shape index (κ2) is 6.96. The summed E-state index contributed by atoms with van der Waals surface area (Å²) in [7, 11) is 0. The van der Waals surface area contributed by atoms with Gasteiger partial charge in [0.15, 0.2) is 0 Å². The molecule has 0 amide bonds. The van der Waals surface area contributed by atoms with E-state index >= 15 is 0 Å². The first kappa shape index (κ1) is 15.7. The molecular formula is C20H21ClN2O. The van der Waals surface area contributed by atoms with Crippen LogP contribution < -0.4 is 0 Å². The van der Waals surface area contributed by atoms with Crippen LogP contribution in [0.3, 0.4) is 0 Å². The zero-order valence-electron chi connectivity index (χ0n) is 13.6. The van der Waals surface area contributed by atoms with Crippen LogP contribution in [0.25, 0.3) is 0 Å². The van der Waals surface area contributed by atoms with Crippen LogP contribution in [0.15, 0.2) is 53.6 Å². The minimum atomic E-state index is 0.666. The molecule has 0 bridgehead atoms. The first-order valence-corrected chi connectivity index (χ1v) is 8.93. The number of halogens is 1. The number of hydrogen-bond donors (Lipinski definition) is 0. The second-order valence-corrected chi connectivity index (χ2v) is 6.95. The first-order valence-electron chi connectivity index (χ1n) is 8.55. The van der Waals surface area contributed by atoms with Crippen molar-refractivity contribution >= 4 is 17.3 Å². The fourth-order valence-electron chi connectivity index (χ4n) is 3.47. The lowest BCUT2D eigenvalue weighted by molar-refractivity contribution is 0.0516. The van der Waals surface area contributed by atoms with Crippen molar-refractivity contribution in [3.63, 3.8) is 0 Å². The highest BCUT2D eigenvalue weighted by Crippen LogP contribution is 2.26. The molecule has 2 aromatic rings. The van der Waals surface area contributed by atoms with Gasteiger partial charge in [-0.05, 0) is 36.5 Å². The van der Waals surface area contributed by atoms with E-state index in [0.29, 0.717) is 5.92 Å². The fourth-order valence-corrected chi connectivity index (χ4v) is 3.60. The smallest absolute Gasteiger partial charge is 0.0979 e. The van der Waals surface area contributed by atoms with Crippen molar-refractivity contribution in [1.82, 2.24) is 5.01 Å². The summed E-state index contributed by atoms with van der Waals surface area (Å²) in [6.45, 7) is 3.63. The Hall–Kier alpha value is -1.84. The first-order chi connectivity index (χ1) is 11.8. The highest BCUT2D eigenvalue weighted by Gasteiger charge is 2.23. The lowest BCUT2D eigenvalue weighted by Gasteiger charge is -2.32. The van der Waals surface area contributed by atoms with Gasteiger partial charge in [0, 0.05) is 35.9 Å². The molecule has 0 unspecified atom stereocenters. The molecule has 0 aliphatic carbocycles. The van der Waals surface area contributed by atoms with Crippen molar-refractivity contribution in [3.05, 3.63) is 70.2 Å². The maximum absolute atomic E-state index is 6.05. The number of hydrazone groups is 1. The van der Waals surface area contributed by atoms with E-state index < -0.39 is 0 Å². The Labute approximate surface area is 147 Å². The fraction of sp³-hybridized carbons (Fsp3) is 0.350. The maximum atomic E-state index is 6.05. The number of fused-ring (bicyclic) bond motifs is 1. The zero-order valence-corrected chi connectivity index (χ0v) is 14.4. The van der Waals surface area contributed by atoms with Crippen molar-refractivity contribution in [2.45, 2.75) is 19.4 Å². The number of benzene rings is 2. The van der Waals surface area contributed by atoms with Gasteiger partial charge in [-0.2, -0.15) is 5.10 Å². The average molecular weight is 341 g/mol. The van der Waals surface area contributed by atoms with Gasteiger partial charge in [-0.15, -0.1) is 0 Å². The van der Waals surface area contributed by atoms with Crippen molar-refractivity contribution in [2.75, 3.05) is 19.8 Å². The van der Waals surface area contributed by atoms with Crippen LogP contribution in [0.1, 0.15) is 29.5 Å².